The summed E-state index contributed by atoms with van der Waals surface area (Å²) in [5.41, 5.74) is 0.0499. The highest BCUT2D eigenvalue weighted by molar-refractivity contribution is 9.09. The molecule has 1 amide bonds. The van der Waals surface area contributed by atoms with Gasteiger partial charge in [-0.3, -0.25) is 14.9 Å². The summed E-state index contributed by atoms with van der Waals surface area (Å²) in [5, 5.41) is 11.0. The molecule has 0 bridgehead atoms. The number of rotatable bonds is 2. The van der Waals surface area contributed by atoms with Crippen molar-refractivity contribution in [2.75, 3.05) is 13.1 Å². The summed E-state index contributed by atoms with van der Waals surface area (Å²) in [5.74, 6) is 0.0963. The molecule has 1 fully saturated rings. The molecule has 6 heteroatoms. The fourth-order valence-corrected chi connectivity index (χ4v) is 2.66. The van der Waals surface area contributed by atoms with Crippen molar-refractivity contribution < 1.29 is 9.72 Å². The second-order valence-corrected chi connectivity index (χ2v) is 5.98. The van der Waals surface area contributed by atoms with E-state index in [1.54, 1.807) is 17.0 Å². The summed E-state index contributed by atoms with van der Waals surface area (Å²) in [6.45, 7) is 3.32. The second kappa shape index (κ2) is 5.69. The van der Waals surface area contributed by atoms with Gasteiger partial charge in [0.05, 0.1) is 4.92 Å². The molecule has 0 radical (unpaired) electrons. The lowest BCUT2D eigenvalue weighted by atomic mass is 9.99. The van der Waals surface area contributed by atoms with Crippen LogP contribution >= 0.6 is 15.9 Å². The largest absolute Gasteiger partial charge is 0.338 e. The van der Waals surface area contributed by atoms with Crippen LogP contribution in [0.3, 0.4) is 0 Å². The topological polar surface area (TPSA) is 63.5 Å². The molecule has 102 valence electrons. The SMILES string of the molecule is CC1CN(C(=O)c2ccccc2[N+](=O)[O-])CCC1Br. The van der Waals surface area contributed by atoms with Crippen LogP contribution in [0.25, 0.3) is 0 Å². The summed E-state index contributed by atoms with van der Waals surface area (Å²) in [4.78, 5) is 24.9. The molecule has 1 aromatic carbocycles. The van der Waals surface area contributed by atoms with E-state index >= 15 is 0 Å². The predicted octanol–water partition coefficient (Wildman–Crippen LogP) is 2.84. The number of carbonyl (C=O) groups excluding carboxylic acids is 1. The molecule has 0 spiro atoms. The molecule has 2 unspecified atom stereocenters. The maximum atomic E-state index is 12.4. The van der Waals surface area contributed by atoms with E-state index in [1.807, 2.05) is 0 Å². The molecule has 1 aromatic rings. The Morgan fingerprint density at radius 1 is 1.47 bits per heavy atom. The average molecular weight is 327 g/mol. The molecule has 5 nitrogen and oxygen atoms in total. The van der Waals surface area contributed by atoms with Crippen molar-refractivity contribution >= 4 is 27.5 Å². The number of benzene rings is 1. The number of alkyl halides is 1. The van der Waals surface area contributed by atoms with E-state index < -0.39 is 4.92 Å². The number of para-hydroxylation sites is 1. The molecule has 0 aromatic heterocycles. The Hall–Kier alpha value is -1.43. The zero-order valence-electron chi connectivity index (χ0n) is 10.6. The van der Waals surface area contributed by atoms with E-state index in [2.05, 4.69) is 22.9 Å². The van der Waals surface area contributed by atoms with E-state index in [0.29, 0.717) is 23.8 Å². The second-order valence-electron chi connectivity index (χ2n) is 4.81. The van der Waals surface area contributed by atoms with Crippen LogP contribution in [-0.4, -0.2) is 33.6 Å². The van der Waals surface area contributed by atoms with Gasteiger partial charge >= 0.3 is 0 Å². The number of piperidine rings is 1. The Morgan fingerprint density at radius 3 is 2.79 bits per heavy atom. The van der Waals surface area contributed by atoms with E-state index in [1.165, 1.54) is 12.1 Å². The van der Waals surface area contributed by atoms with E-state index in [0.717, 1.165) is 6.42 Å². The Balaban J connectivity index is 2.23. The van der Waals surface area contributed by atoms with E-state index in [-0.39, 0.29) is 17.2 Å². The summed E-state index contributed by atoms with van der Waals surface area (Å²) in [6, 6.07) is 6.11. The van der Waals surface area contributed by atoms with Gasteiger partial charge in [0.15, 0.2) is 0 Å². The first-order chi connectivity index (χ1) is 9.00. The molecule has 0 aliphatic carbocycles. The first-order valence-corrected chi connectivity index (χ1v) is 7.09. The van der Waals surface area contributed by atoms with E-state index in [9.17, 15) is 14.9 Å². The lowest BCUT2D eigenvalue weighted by Gasteiger charge is -2.34. The fraction of sp³-hybridized carbons (Fsp3) is 0.462. The lowest BCUT2D eigenvalue weighted by molar-refractivity contribution is -0.385. The average Bonchev–Trinajstić information content (AvgIpc) is 2.41. The number of carbonyl (C=O) groups is 1. The monoisotopic (exact) mass is 326 g/mol. The zero-order valence-corrected chi connectivity index (χ0v) is 12.2. The van der Waals surface area contributed by atoms with Crippen molar-refractivity contribution in [3.05, 3.63) is 39.9 Å². The van der Waals surface area contributed by atoms with Crippen molar-refractivity contribution in [1.29, 1.82) is 0 Å². The van der Waals surface area contributed by atoms with Crippen molar-refractivity contribution in [2.24, 2.45) is 5.92 Å². The van der Waals surface area contributed by atoms with Crippen LogP contribution in [0.15, 0.2) is 24.3 Å². The molecule has 2 rings (SSSR count). The van der Waals surface area contributed by atoms with Gasteiger partial charge in [0.2, 0.25) is 0 Å². The number of hydrogen-bond acceptors (Lipinski definition) is 3. The van der Waals surface area contributed by atoms with Gasteiger partial charge in [-0.15, -0.1) is 0 Å². The third kappa shape index (κ3) is 2.94. The highest BCUT2D eigenvalue weighted by Crippen LogP contribution is 2.26. The molecule has 1 saturated heterocycles. The lowest BCUT2D eigenvalue weighted by Crippen LogP contribution is -2.43. The number of hydrogen-bond donors (Lipinski definition) is 0. The number of nitro benzene ring substituents is 1. The Kier molecular flexibility index (Phi) is 4.19. The van der Waals surface area contributed by atoms with Crippen LogP contribution in [0.5, 0.6) is 0 Å². The quantitative estimate of drug-likeness (QED) is 0.477. The first-order valence-electron chi connectivity index (χ1n) is 6.17. The standard InChI is InChI=1S/C13H15BrN2O3/c1-9-8-15(7-6-11(9)14)13(17)10-4-2-3-5-12(10)16(18)19/h2-5,9,11H,6-8H2,1H3. The minimum atomic E-state index is -0.506. The fourth-order valence-electron chi connectivity index (χ4n) is 2.29. The van der Waals surface area contributed by atoms with Crippen LogP contribution in [0, 0.1) is 16.0 Å². The Bertz CT molecular complexity index is 506. The van der Waals surface area contributed by atoms with Gasteiger partial charge in [-0.2, -0.15) is 0 Å². The third-order valence-electron chi connectivity index (χ3n) is 3.42. The first kappa shape index (κ1) is 14.0. The summed E-state index contributed by atoms with van der Waals surface area (Å²) < 4.78 is 0. The van der Waals surface area contributed by atoms with Gasteiger partial charge in [0.1, 0.15) is 5.56 Å². The van der Waals surface area contributed by atoms with Crippen molar-refractivity contribution in [1.82, 2.24) is 4.90 Å². The van der Waals surface area contributed by atoms with Crippen LogP contribution in [0.1, 0.15) is 23.7 Å². The summed E-state index contributed by atoms with van der Waals surface area (Å²) in [6.07, 6.45) is 0.869. The molecule has 1 heterocycles. The Labute approximate surface area is 119 Å². The highest BCUT2D eigenvalue weighted by atomic mass is 79.9. The summed E-state index contributed by atoms with van der Waals surface area (Å²) in [7, 11) is 0. The molecule has 1 aliphatic heterocycles. The highest BCUT2D eigenvalue weighted by Gasteiger charge is 2.30. The van der Waals surface area contributed by atoms with Gasteiger partial charge in [-0.25, -0.2) is 0 Å². The minimum Gasteiger partial charge on any atom is -0.338 e. The van der Waals surface area contributed by atoms with Crippen molar-refractivity contribution in [2.45, 2.75) is 18.2 Å². The van der Waals surface area contributed by atoms with Crippen LogP contribution in [-0.2, 0) is 0 Å². The van der Waals surface area contributed by atoms with Crippen LogP contribution < -0.4 is 0 Å². The normalized spacial score (nSPS) is 23.2. The van der Waals surface area contributed by atoms with E-state index in [4.69, 9.17) is 0 Å². The molecule has 2 atom stereocenters. The molecule has 19 heavy (non-hydrogen) atoms. The smallest absolute Gasteiger partial charge is 0.282 e. The van der Waals surface area contributed by atoms with Crippen molar-refractivity contribution in [3.8, 4) is 0 Å². The predicted molar refractivity (Wildman–Crippen MR) is 75.5 cm³/mol. The maximum absolute atomic E-state index is 12.4. The molecule has 1 aliphatic rings. The van der Waals surface area contributed by atoms with Crippen molar-refractivity contribution in [3.63, 3.8) is 0 Å². The molecular formula is C13H15BrN2O3. The number of amides is 1. The number of likely N-dealkylation sites (tertiary alicyclic amines) is 1. The van der Waals surface area contributed by atoms with Gasteiger partial charge < -0.3 is 4.90 Å². The number of nitro groups is 1. The molecule has 0 N–H and O–H groups in total. The zero-order chi connectivity index (χ0) is 14.0. The number of halogens is 1. The van der Waals surface area contributed by atoms with Gasteiger partial charge in [-0.1, -0.05) is 35.0 Å². The van der Waals surface area contributed by atoms with Gasteiger partial charge in [0.25, 0.3) is 11.6 Å². The third-order valence-corrected chi connectivity index (χ3v) is 4.78. The van der Waals surface area contributed by atoms with Gasteiger partial charge in [-0.05, 0) is 18.4 Å². The molecular weight excluding hydrogens is 312 g/mol. The number of nitrogens with zero attached hydrogens (tertiary/aromatic N) is 2. The summed E-state index contributed by atoms with van der Waals surface area (Å²) >= 11 is 3.58. The van der Waals surface area contributed by atoms with Gasteiger partial charge in [0, 0.05) is 24.0 Å². The van der Waals surface area contributed by atoms with Crippen LogP contribution in [0.2, 0.25) is 0 Å². The maximum Gasteiger partial charge on any atom is 0.282 e. The Morgan fingerprint density at radius 2 is 2.16 bits per heavy atom. The minimum absolute atomic E-state index is 0.124. The molecule has 0 saturated carbocycles. The van der Waals surface area contributed by atoms with Crippen LogP contribution in [0.4, 0.5) is 5.69 Å².